The molecule has 0 spiro atoms. The molecule has 0 atom stereocenters. The molecule has 0 fully saturated rings. The summed E-state index contributed by atoms with van der Waals surface area (Å²) in [5.74, 6) is 0. The van der Waals surface area contributed by atoms with Gasteiger partial charge in [-0.15, -0.1) is 0 Å². The number of hydrogen-bond acceptors (Lipinski definition) is 3. The van der Waals surface area contributed by atoms with Crippen LogP contribution in [0.1, 0.15) is 22.6 Å². The topological polar surface area (TPSA) is 56.0 Å². The molecular weight excluding hydrogens is 246 g/mol. The van der Waals surface area contributed by atoms with Crippen LogP contribution < -0.4 is 5.73 Å². The third-order valence-electron chi connectivity index (χ3n) is 1.37. The Morgan fingerprint density at radius 3 is 2.69 bits per heavy atom. The Labute approximate surface area is 81.1 Å². The second-order valence-corrected chi connectivity index (χ2v) is 3.05. The number of rotatable bonds is 2. The molecule has 0 saturated heterocycles. The molecule has 1 heterocycles. The first-order chi connectivity index (χ1) is 6.06. The number of aldehydes is 1. The summed E-state index contributed by atoms with van der Waals surface area (Å²) in [6.45, 7) is 0. The van der Waals surface area contributed by atoms with Gasteiger partial charge in [-0.05, 0) is 22.0 Å². The first-order valence-corrected chi connectivity index (χ1v) is 4.04. The van der Waals surface area contributed by atoms with Gasteiger partial charge in [-0.25, -0.2) is 13.8 Å². The fraction of sp³-hybridized carbons (Fsp3) is 0.143. The van der Waals surface area contributed by atoms with E-state index in [1.165, 1.54) is 0 Å². The number of carbonyl (C=O) groups is 1. The molecule has 0 radical (unpaired) electrons. The first-order valence-electron chi connectivity index (χ1n) is 3.25. The maximum Gasteiger partial charge on any atom is 0.280 e. The molecule has 0 aliphatic rings. The SMILES string of the molecule is Nc1cc(C(F)F)nc(C=O)c1Br. The highest BCUT2D eigenvalue weighted by Gasteiger charge is 2.14. The third kappa shape index (κ3) is 2.00. The summed E-state index contributed by atoms with van der Waals surface area (Å²) in [4.78, 5) is 13.8. The zero-order valence-corrected chi connectivity index (χ0v) is 7.88. The lowest BCUT2D eigenvalue weighted by molar-refractivity contribution is 0.111. The zero-order valence-electron chi connectivity index (χ0n) is 6.30. The van der Waals surface area contributed by atoms with Crippen LogP contribution in [-0.4, -0.2) is 11.3 Å². The van der Waals surface area contributed by atoms with Crippen LogP contribution in [0.25, 0.3) is 0 Å². The minimum atomic E-state index is -2.73. The highest BCUT2D eigenvalue weighted by Crippen LogP contribution is 2.26. The molecule has 6 heteroatoms. The lowest BCUT2D eigenvalue weighted by atomic mass is 10.3. The Hall–Kier alpha value is -1.04. The van der Waals surface area contributed by atoms with Crippen molar-refractivity contribution in [1.82, 2.24) is 4.98 Å². The number of aromatic nitrogens is 1. The largest absolute Gasteiger partial charge is 0.398 e. The molecule has 3 nitrogen and oxygen atoms in total. The zero-order chi connectivity index (χ0) is 10.0. The number of anilines is 1. The van der Waals surface area contributed by atoms with Crippen molar-refractivity contribution in [1.29, 1.82) is 0 Å². The van der Waals surface area contributed by atoms with Gasteiger partial charge >= 0.3 is 0 Å². The van der Waals surface area contributed by atoms with Crippen molar-refractivity contribution in [2.45, 2.75) is 6.43 Å². The second-order valence-electron chi connectivity index (χ2n) is 2.25. The van der Waals surface area contributed by atoms with Crippen LogP contribution in [0.4, 0.5) is 14.5 Å². The Morgan fingerprint density at radius 2 is 2.23 bits per heavy atom. The highest BCUT2D eigenvalue weighted by atomic mass is 79.9. The number of pyridine rings is 1. The van der Waals surface area contributed by atoms with Gasteiger partial charge in [0.1, 0.15) is 11.4 Å². The third-order valence-corrected chi connectivity index (χ3v) is 2.23. The molecule has 0 bridgehead atoms. The number of nitrogens with two attached hydrogens (primary N) is 1. The van der Waals surface area contributed by atoms with E-state index in [0.717, 1.165) is 6.07 Å². The summed E-state index contributed by atoms with van der Waals surface area (Å²) in [6, 6.07) is 1.03. The fourth-order valence-corrected chi connectivity index (χ4v) is 1.08. The van der Waals surface area contributed by atoms with Gasteiger partial charge in [0.2, 0.25) is 0 Å². The van der Waals surface area contributed by atoms with Gasteiger partial charge in [-0.1, -0.05) is 0 Å². The summed E-state index contributed by atoms with van der Waals surface area (Å²) in [6.07, 6.45) is -2.36. The van der Waals surface area contributed by atoms with Gasteiger partial charge < -0.3 is 5.73 Å². The number of carbonyl (C=O) groups excluding carboxylic acids is 1. The Balaban J connectivity index is 3.30. The molecule has 0 aromatic carbocycles. The Morgan fingerprint density at radius 1 is 1.62 bits per heavy atom. The lowest BCUT2D eigenvalue weighted by Crippen LogP contribution is -2.00. The van der Waals surface area contributed by atoms with E-state index in [4.69, 9.17) is 5.73 Å². The van der Waals surface area contributed by atoms with Gasteiger partial charge in [-0.3, -0.25) is 4.79 Å². The normalized spacial score (nSPS) is 10.5. The fourth-order valence-electron chi connectivity index (χ4n) is 0.781. The van der Waals surface area contributed by atoms with E-state index < -0.39 is 12.1 Å². The standard InChI is InChI=1S/C7H5BrF2N2O/c8-6-3(11)1-4(7(9)10)12-5(6)2-13/h1-2,7H,(H2,11,12). The smallest absolute Gasteiger partial charge is 0.280 e. The van der Waals surface area contributed by atoms with E-state index in [1.54, 1.807) is 0 Å². The summed E-state index contributed by atoms with van der Waals surface area (Å²) >= 11 is 2.96. The summed E-state index contributed by atoms with van der Waals surface area (Å²) in [5.41, 5.74) is 4.82. The maximum atomic E-state index is 12.1. The average Bonchev–Trinajstić information content (AvgIpc) is 2.09. The van der Waals surface area contributed by atoms with Crippen LogP contribution in [-0.2, 0) is 0 Å². The van der Waals surface area contributed by atoms with Gasteiger partial charge in [0, 0.05) is 0 Å². The number of nitrogen functional groups attached to an aromatic ring is 1. The molecule has 0 aliphatic heterocycles. The Bertz CT molecular complexity index is 344. The number of alkyl halides is 2. The average molecular weight is 251 g/mol. The van der Waals surface area contributed by atoms with Crippen molar-refractivity contribution < 1.29 is 13.6 Å². The summed E-state index contributed by atoms with van der Waals surface area (Å²) in [5, 5.41) is 0. The lowest BCUT2D eigenvalue weighted by Gasteiger charge is -2.04. The molecule has 1 aromatic rings. The van der Waals surface area contributed by atoms with E-state index in [0.29, 0.717) is 6.29 Å². The van der Waals surface area contributed by atoms with E-state index in [9.17, 15) is 13.6 Å². The first kappa shape index (κ1) is 10.0. The van der Waals surface area contributed by atoms with E-state index >= 15 is 0 Å². The molecule has 0 unspecified atom stereocenters. The van der Waals surface area contributed by atoms with Gasteiger partial charge in [0.15, 0.2) is 6.29 Å². The predicted molar refractivity (Wildman–Crippen MR) is 46.7 cm³/mol. The van der Waals surface area contributed by atoms with Crippen LogP contribution >= 0.6 is 15.9 Å². The van der Waals surface area contributed by atoms with Crippen LogP contribution in [0.2, 0.25) is 0 Å². The van der Waals surface area contributed by atoms with Gasteiger partial charge in [-0.2, -0.15) is 0 Å². The van der Waals surface area contributed by atoms with Crippen LogP contribution in [0, 0.1) is 0 Å². The monoisotopic (exact) mass is 250 g/mol. The Kier molecular flexibility index (Phi) is 2.92. The summed E-state index contributed by atoms with van der Waals surface area (Å²) < 4.78 is 24.5. The van der Waals surface area contributed by atoms with Crippen molar-refractivity contribution in [3.05, 3.63) is 21.9 Å². The molecule has 70 valence electrons. The van der Waals surface area contributed by atoms with Crippen molar-refractivity contribution in [2.75, 3.05) is 5.73 Å². The molecule has 1 rings (SSSR count). The maximum absolute atomic E-state index is 12.1. The van der Waals surface area contributed by atoms with E-state index in [2.05, 4.69) is 20.9 Å². The molecule has 13 heavy (non-hydrogen) atoms. The van der Waals surface area contributed by atoms with Crippen LogP contribution in [0.15, 0.2) is 10.5 Å². The molecular formula is C7H5BrF2N2O. The van der Waals surface area contributed by atoms with Crippen molar-refractivity contribution in [3.8, 4) is 0 Å². The molecule has 0 amide bonds. The van der Waals surface area contributed by atoms with E-state index in [-0.39, 0.29) is 15.9 Å². The van der Waals surface area contributed by atoms with E-state index in [1.807, 2.05) is 0 Å². The van der Waals surface area contributed by atoms with Crippen LogP contribution in [0.5, 0.6) is 0 Å². The molecule has 2 N–H and O–H groups in total. The molecule has 0 aliphatic carbocycles. The minimum absolute atomic E-state index is 0.0763. The molecule has 1 aromatic heterocycles. The minimum Gasteiger partial charge on any atom is -0.398 e. The van der Waals surface area contributed by atoms with Crippen molar-refractivity contribution in [2.24, 2.45) is 0 Å². The molecule has 0 saturated carbocycles. The predicted octanol–water partition coefficient (Wildman–Crippen LogP) is 2.18. The van der Waals surface area contributed by atoms with Crippen molar-refractivity contribution in [3.63, 3.8) is 0 Å². The van der Waals surface area contributed by atoms with Crippen molar-refractivity contribution >= 4 is 27.9 Å². The number of hydrogen-bond donors (Lipinski definition) is 1. The highest BCUT2D eigenvalue weighted by molar-refractivity contribution is 9.10. The van der Waals surface area contributed by atoms with Crippen LogP contribution in [0.3, 0.4) is 0 Å². The summed E-state index contributed by atoms with van der Waals surface area (Å²) in [7, 11) is 0. The second kappa shape index (κ2) is 3.78. The number of nitrogens with zero attached hydrogens (tertiary/aromatic N) is 1. The quantitative estimate of drug-likeness (QED) is 0.819. The number of halogens is 3. The van der Waals surface area contributed by atoms with Gasteiger partial charge in [0.05, 0.1) is 10.2 Å². The van der Waals surface area contributed by atoms with Gasteiger partial charge in [0.25, 0.3) is 6.43 Å².